The van der Waals surface area contributed by atoms with Crippen molar-refractivity contribution < 1.29 is 17.2 Å². The maximum absolute atomic E-state index is 14.9. The molecule has 0 unspecified atom stereocenters. The molecule has 0 atom stereocenters. The van der Waals surface area contributed by atoms with Gasteiger partial charge in [-0.2, -0.15) is 8.76 Å². The SMILES string of the molecule is CN(CCN1CCN(S)CC1)c1cc(F)ncc1Nc1cc(F)c(S(=O)(=O)Nc2ncns2)cc1Cl. The highest BCUT2D eigenvalue weighted by Crippen LogP contribution is 2.34. The quantitative estimate of drug-likeness (QED) is 0.261. The second kappa shape index (κ2) is 11.4. The van der Waals surface area contributed by atoms with Crippen LogP contribution in [-0.4, -0.2) is 78.3 Å². The molecule has 36 heavy (non-hydrogen) atoms. The lowest BCUT2D eigenvalue weighted by Crippen LogP contribution is -2.45. The number of likely N-dealkylation sites (N-methyl/N-ethyl adjacent to an activating group) is 1. The first-order valence-electron chi connectivity index (χ1n) is 10.7. The van der Waals surface area contributed by atoms with Crippen LogP contribution in [0.25, 0.3) is 0 Å². The van der Waals surface area contributed by atoms with Crippen molar-refractivity contribution in [2.45, 2.75) is 4.90 Å². The largest absolute Gasteiger partial charge is 0.371 e. The van der Waals surface area contributed by atoms with Gasteiger partial charge < -0.3 is 10.2 Å². The van der Waals surface area contributed by atoms with Gasteiger partial charge >= 0.3 is 0 Å². The van der Waals surface area contributed by atoms with Crippen LogP contribution < -0.4 is 14.9 Å². The second-order valence-corrected chi connectivity index (χ2v) is 11.4. The molecule has 1 aliphatic rings. The number of nitrogens with zero attached hydrogens (tertiary/aromatic N) is 6. The summed E-state index contributed by atoms with van der Waals surface area (Å²) in [5.74, 6) is -1.71. The number of piperazine rings is 1. The lowest BCUT2D eigenvalue weighted by atomic mass is 10.2. The number of nitrogens with one attached hydrogen (secondary N) is 2. The highest BCUT2D eigenvalue weighted by molar-refractivity contribution is 7.93. The van der Waals surface area contributed by atoms with Crippen LogP contribution in [0.4, 0.5) is 31.0 Å². The van der Waals surface area contributed by atoms with E-state index in [-0.39, 0.29) is 15.8 Å². The lowest BCUT2D eigenvalue weighted by Gasteiger charge is -2.33. The molecule has 0 bridgehead atoms. The van der Waals surface area contributed by atoms with E-state index in [2.05, 4.69) is 42.1 Å². The van der Waals surface area contributed by atoms with E-state index < -0.39 is 26.7 Å². The fourth-order valence-electron chi connectivity index (χ4n) is 3.57. The summed E-state index contributed by atoms with van der Waals surface area (Å²) < 4.78 is 61.9. The average molecular weight is 577 g/mol. The van der Waals surface area contributed by atoms with Crippen molar-refractivity contribution in [1.29, 1.82) is 0 Å². The molecule has 0 amide bonds. The van der Waals surface area contributed by atoms with E-state index >= 15 is 0 Å². The number of thiol groups is 1. The number of pyridine rings is 1. The first-order valence-corrected chi connectivity index (χ1v) is 13.7. The van der Waals surface area contributed by atoms with Crippen LogP contribution in [0.5, 0.6) is 0 Å². The zero-order chi connectivity index (χ0) is 25.9. The fraction of sp³-hybridized carbons (Fsp3) is 0.350. The molecule has 2 aromatic heterocycles. The molecule has 3 aromatic rings. The average Bonchev–Trinajstić information content (AvgIpc) is 3.34. The number of sulfonamides is 1. The summed E-state index contributed by atoms with van der Waals surface area (Å²) in [4.78, 5) is 10.9. The summed E-state index contributed by atoms with van der Waals surface area (Å²) >= 11 is 11.5. The number of benzene rings is 1. The van der Waals surface area contributed by atoms with Crippen molar-refractivity contribution in [3.8, 4) is 0 Å². The Bertz CT molecular complexity index is 1310. The molecule has 0 saturated carbocycles. The molecule has 4 rings (SSSR count). The number of rotatable bonds is 9. The van der Waals surface area contributed by atoms with Gasteiger partial charge in [-0.1, -0.05) is 24.4 Å². The zero-order valence-corrected chi connectivity index (χ0v) is 22.3. The standard InChI is InChI=1S/C20H23ClF2N8O2S3/c1-29(2-3-30-4-6-31(34)7-5-30)17-10-19(23)24-11-16(17)27-15-9-14(22)18(8-13(15)21)36(32,33)28-20-25-12-26-35-20/h8-12,27,34H,2-7H2,1H3,(H,25,26,28). The number of halogens is 3. The van der Waals surface area contributed by atoms with Gasteiger partial charge in [0, 0.05) is 70.0 Å². The topological polar surface area (TPSA) is 107 Å². The highest BCUT2D eigenvalue weighted by atomic mass is 35.5. The molecular formula is C20H23ClF2N8O2S3. The molecule has 1 aromatic carbocycles. The van der Waals surface area contributed by atoms with E-state index in [1.807, 2.05) is 16.3 Å². The van der Waals surface area contributed by atoms with Crippen LogP contribution in [0.15, 0.2) is 35.6 Å². The molecule has 3 heterocycles. The second-order valence-electron chi connectivity index (χ2n) is 7.98. The number of anilines is 4. The third-order valence-corrected chi connectivity index (χ3v) is 8.30. The Kier molecular flexibility index (Phi) is 8.47. The maximum atomic E-state index is 14.9. The lowest BCUT2D eigenvalue weighted by molar-refractivity contribution is 0.202. The predicted octanol–water partition coefficient (Wildman–Crippen LogP) is 3.31. The van der Waals surface area contributed by atoms with Gasteiger partial charge in [-0.3, -0.25) is 13.9 Å². The van der Waals surface area contributed by atoms with Crippen LogP contribution in [-0.2, 0) is 10.0 Å². The summed E-state index contributed by atoms with van der Waals surface area (Å²) in [6.45, 7) is 4.83. The smallest absolute Gasteiger partial charge is 0.266 e. The van der Waals surface area contributed by atoms with Crippen LogP contribution in [0.3, 0.4) is 0 Å². The van der Waals surface area contributed by atoms with Gasteiger partial charge in [-0.25, -0.2) is 22.8 Å². The monoisotopic (exact) mass is 576 g/mol. The van der Waals surface area contributed by atoms with Gasteiger partial charge in [-0.15, -0.1) is 0 Å². The molecule has 0 radical (unpaired) electrons. The molecule has 1 aliphatic heterocycles. The van der Waals surface area contributed by atoms with Crippen molar-refractivity contribution in [2.24, 2.45) is 0 Å². The Morgan fingerprint density at radius 1 is 1.17 bits per heavy atom. The van der Waals surface area contributed by atoms with Gasteiger partial charge in [-0.05, 0) is 6.07 Å². The Hall–Kier alpha value is -2.30. The van der Waals surface area contributed by atoms with E-state index in [1.165, 1.54) is 18.6 Å². The fourth-order valence-corrected chi connectivity index (χ4v) is 5.77. The Morgan fingerprint density at radius 2 is 1.92 bits per heavy atom. The molecule has 1 saturated heterocycles. The van der Waals surface area contributed by atoms with E-state index in [4.69, 9.17) is 11.6 Å². The number of hydrogen-bond acceptors (Lipinski definition) is 11. The maximum Gasteiger partial charge on any atom is 0.266 e. The Balaban J connectivity index is 1.52. The van der Waals surface area contributed by atoms with E-state index in [0.717, 1.165) is 56.4 Å². The van der Waals surface area contributed by atoms with Crippen molar-refractivity contribution in [1.82, 2.24) is 23.5 Å². The minimum Gasteiger partial charge on any atom is -0.371 e. The third kappa shape index (κ3) is 6.52. The molecular weight excluding hydrogens is 554 g/mol. The van der Waals surface area contributed by atoms with E-state index in [1.54, 1.807) is 0 Å². The highest BCUT2D eigenvalue weighted by Gasteiger charge is 2.23. The van der Waals surface area contributed by atoms with Crippen LogP contribution >= 0.6 is 35.9 Å². The van der Waals surface area contributed by atoms with Gasteiger partial charge in [0.15, 0.2) is 0 Å². The third-order valence-electron chi connectivity index (χ3n) is 5.52. The predicted molar refractivity (Wildman–Crippen MR) is 140 cm³/mol. The normalized spacial score (nSPS) is 15.1. The molecule has 16 heteroatoms. The van der Waals surface area contributed by atoms with Crippen LogP contribution in [0.1, 0.15) is 0 Å². The van der Waals surface area contributed by atoms with Gasteiger partial charge in [0.1, 0.15) is 17.0 Å². The number of hydrogen-bond donors (Lipinski definition) is 3. The molecule has 2 N–H and O–H groups in total. The minimum atomic E-state index is -4.29. The van der Waals surface area contributed by atoms with Crippen LogP contribution in [0, 0.1) is 11.8 Å². The van der Waals surface area contributed by atoms with Crippen molar-refractivity contribution >= 4 is 68.2 Å². The first kappa shape index (κ1) is 26.8. The van der Waals surface area contributed by atoms with Crippen LogP contribution in [0.2, 0.25) is 5.02 Å². The molecule has 194 valence electrons. The Labute approximate surface area is 222 Å². The van der Waals surface area contributed by atoms with Gasteiger partial charge in [0.25, 0.3) is 10.0 Å². The molecule has 0 aliphatic carbocycles. The summed E-state index contributed by atoms with van der Waals surface area (Å²) in [5.41, 5.74) is 0.960. The van der Waals surface area contributed by atoms with Gasteiger partial charge in [0.05, 0.1) is 28.3 Å². The van der Waals surface area contributed by atoms with E-state index in [9.17, 15) is 17.2 Å². The molecule has 10 nitrogen and oxygen atoms in total. The van der Waals surface area contributed by atoms with Crippen molar-refractivity contribution in [2.75, 3.05) is 61.3 Å². The van der Waals surface area contributed by atoms with E-state index in [0.29, 0.717) is 17.9 Å². The molecule has 1 fully saturated rings. The van der Waals surface area contributed by atoms with Crippen molar-refractivity contribution in [3.63, 3.8) is 0 Å². The summed E-state index contributed by atoms with van der Waals surface area (Å²) in [6, 6.07) is 3.22. The first-order chi connectivity index (χ1) is 17.1. The molecule has 0 spiro atoms. The van der Waals surface area contributed by atoms with Gasteiger partial charge in [0.2, 0.25) is 11.1 Å². The summed E-state index contributed by atoms with van der Waals surface area (Å²) in [6.07, 6.45) is 2.45. The Morgan fingerprint density at radius 3 is 2.61 bits per heavy atom. The zero-order valence-electron chi connectivity index (χ0n) is 19.0. The van der Waals surface area contributed by atoms with Crippen molar-refractivity contribution in [3.05, 3.63) is 47.5 Å². The summed E-state index contributed by atoms with van der Waals surface area (Å²) in [5, 5.41) is 2.88. The number of aromatic nitrogens is 3. The summed E-state index contributed by atoms with van der Waals surface area (Å²) in [7, 11) is -2.48. The minimum absolute atomic E-state index is 0.00899.